The average molecular weight is 528 g/mol. The van der Waals surface area contributed by atoms with E-state index in [2.05, 4.69) is 10.6 Å². The summed E-state index contributed by atoms with van der Waals surface area (Å²) in [5, 5.41) is 5.24. The Morgan fingerprint density at radius 3 is 2.31 bits per heavy atom. The summed E-state index contributed by atoms with van der Waals surface area (Å²) in [6, 6.07) is 9.31. The minimum absolute atomic E-state index is 0.00783. The Bertz CT molecular complexity index is 1060. The van der Waals surface area contributed by atoms with E-state index >= 15 is 0 Å². The van der Waals surface area contributed by atoms with Crippen molar-refractivity contribution < 1.29 is 22.8 Å². The first-order valence-electron chi connectivity index (χ1n) is 9.34. The molecule has 172 valence electrons. The van der Waals surface area contributed by atoms with Gasteiger partial charge in [0.25, 0.3) is 0 Å². The summed E-state index contributed by atoms with van der Waals surface area (Å²) in [6.07, 6.45) is -4.70. The standard InChI is InChI=1S/C21H17Cl4F3N2O2/c1-9-5-11(7-12(22)6-9)16-17(20(16,24)25)19(32)29-13-3-4-14(23)15(8-13)30-18(31)10(2)21(26,27)28/h3-8,10,16-17H,1-2H3,(H,29,32)(H,30,31). The van der Waals surface area contributed by atoms with Crippen LogP contribution in [0.5, 0.6) is 0 Å². The lowest BCUT2D eigenvalue weighted by Gasteiger charge is -2.16. The highest BCUT2D eigenvalue weighted by Gasteiger charge is 2.67. The number of anilines is 2. The molecule has 3 atom stereocenters. The normalized spacial score (nSPS) is 20.4. The molecule has 2 aromatic rings. The maximum Gasteiger partial charge on any atom is 0.400 e. The Labute approximate surface area is 202 Å². The van der Waals surface area contributed by atoms with Gasteiger partial charge in [-0.25, -0.2) is 0 Å². The molecule has 0 heterocycles. The number of rotatable bonds is 5. The zero-order valence-corrected chi connectivity index (χ0v) is 19.7. The van der Waals surface area contributed by atoms with Gasteiger partial charge in [0, 0.05) is 16.6 Å². The molecule has 0 aromatic heterocycles. The second-order valence-corrected chi connectivity index (χ2v) is 9.92. The van der Waals surface area contributed by atoms with Crippen LogP contribution in [-0.2, 0) is 9.59 Å². The van der Waals surface area contributed by atoms with Crippen molar-refractivity contribution in [2.45, 2.75) is 30.3 Å². The van der Waals surface area contributed by atoms with E-state index in [9.17, 15) is 22.8 Å². The number of carbonyl (C=O) groups excluding carboxylic acids is 2. The third kappa shape index (κ3) is 5.28. The smallest absolute Gasteiger partial charge is 0.326 e. The van der Waals surface area contributed by atoms with Gasteiger partial charge in [0.1, 0.15) is 10.3 Å². The van der Waals surface area contributed by atoms with Gasteiger partial charge in [0.15, 0.2) is 0 Å². The summed E-state index contributed by atoms with van der Waals surface area (Å²) < 4.78 is 36.9. The summed E-state index contributed by atoms with van der Waals surface area (Å²) in [5.74, 6) is -5.30. The molecule has 1 aliphatic carbocycles. The zero-order chi connectivity index (χ0) is 24.0. The molecule has 2 N–H and O–H groups in total. The Morgan fingerprint density at radius 1 is 1.06 bits per heavy atom. The van der Waals surface area contributed by atoms with Gasteiger partial charge in [-0.3, -0.25) is 9.59 Å². The predicted molar refractivity (Wildman–Crippen MR) is 121 cm³/mol. The van der Waals surface area contributed by atoms with Crippen molar-refractivity contribution in [1.82, 2.24) is 0 Å². The summed E-state index contributed by atoms with van der Waals surface area (Å²) >= 11 is 24.8. The Hall–Kier alpha value is -1.67. The lowest BCUT2D eigenvalue weighted by Crippen LogP contribution is -2.32. The Balaban J connectivity index is 1.76. The number of nitrogens with one attached hydrogen (secondary N) is 2. The second kappa shape index (κ2) is 8.93. The van der Waals surface area contributed by atoms with Crippen LogP contribution in [0.3, 0.4) is 0 Å². The fraction of sp³-hybridized carbons (Fsp3) is 0.333. The minimum Gasteiger partial charge on any atom is -0.326 e. The summed E-state index contributed by atoms with van der Waals surface area (Å²) in [7, 11) is 0. The van der Waals surface area contributed by atoms with Crippen molar-refractivity contribution >= 4 is 69.6 Å². The highest BCUT2D eigenvalue weighted by Crippen LogP contribution is 2.65. The Morgan fingerprint density at radius 2 is 1.72 bits per heavy atom. The quantitative estimate of drug-likeness (QED) is 0.413. The second-order valence-electron chi connectivity index (χ2n) is 7.63. The number of amides is 2. The van der Waals surface area contributed by atoms with Crippen LogP contribution in [0.25, 0.3) is 0 Å². The zero-order valence-electron chi connectivity index (χ0n) is 16.7. The molecule has 4 nitrogen and oxygen atoms in total. The van der Waals surface area contributed by atoms with Crippen LogP contribution in [-0.4, -0.2) is 22.3 Å². The molecule has 0 spiro atoms. The van der Waals surface area contributed by atoms with Crippen LogP contribution in [0.1, 0.15) is 24.0 Å². The van der Waals surface area contributed by atoms with E-state index in [0.717, 1.165) is 12.5 Å². The number of benzene rings is 2. The van der Waals surface area contributed by atoms with Crippen molar-refractivity contribution in [3.05, 3.63) is 57.6 Å². The molecule has 1 fully saturated rings. The fourth-order valence-corrected chi connectivity index (χ4v) is 4.61. The maximum absolute atomic E-state index is 12.8. The highest BCUT2D eigenvalue weighted by atomic mass is 35.5. The molecule has 1 aliphatic rings. The van der Waals surface area contributed by atoms with Crippen molar-refractivity contribution in [2.75, 3.05) is 10.6 Å². The van der Waals surface area contributed by atoms with Crippen LogP contribution in [0.4, 0.5) is 24.5 Å². The van der Waals surface area contributed by atoms with E-state index in [1.165, 1.54) is 18.2 Å². The summed E-state index contributed by atoms with van der Waals surface area (Å²) in [4.78, 5) is 24.7. The topological polar surface area (TPSA) is 58.2 Å². The molecule has 2 amide bonds. The number of carbonyl (C=O) groups is 2. The third-order valence-electron chi connectivity index (χ3n) is 5.14. The van der Waals surface area contributed by atoms with Crippen molar-refractivity contribution in [2.24, 2.45) is 11.8 Å². The molecular weight excluding hydrogens is 511 g/mol. The monoisotopic (exact) mass is 526 g/mol. The molecular formula is C21H17Cl4F3N2O2. The molecule has 0 radical (unpaired) electrons. The number of halogens is 7. The molecule has 0 aliphatic heterocycles. The van der Waals surface area contributed by atoms with E-state index < -0.39 is 40.1 Å². The predicted octanol–water partition coefficient (Wildman–Crippen LogP) is 6.96. The first kappa shape index (κ1) is 25.0. The van der Waals surface area contributed by atoms with E-state index in [1.54, 1.807) is 12.1 Å². The van der Waals surface area contributed by atoms with Gasteiger partial charge in [-0.05, 0) is 55.3 Å². The van der Waals surface area contributed by atoms with Gasteiger partial charge >= 0.3 is 6.18 Å². The summed E-state index contributed by atoms with van der Waals surface area (Å²) in [5.41, 5.74) is 1.72. The number of aryl methyl sites for hydroxylation is 1. The van der Waals surface area contributed by atoms with E-state index in [0.29, 0.717) is 10.6 Å². The summed E-state index contributed by atoms with van der Waals surface area (Å²) in [6.45, 7) is 2.58. The van der Waals surface area contributed by atoms with Gasteiger partial charge in [0.2, 0.25) is 11.8 Å². The molecule has 32 heavy (non-hydrogen) atoms. The third-order valence-corrected chi connectivity index (χ3v) is 6.62. The van der Waals surface area contributed by atoms with Crippen LogP contribution in [0.2, 0.25) is 10.0 Å². The van der Waals surface area contributed by atoms with Gasteiger partial charge in [-0.1, -0.05) is 29.3 Å². The first-order chi connectivity index (χ1) is 14.7. The lowest BCUT2D eigenvalue weighted by atomic mass is 10.1. The highest BCUT2D eigenvalue weighted by molar-refractivity contribution is 6.53. The van der Waals surface area contributed by atoms with Gasteiger partial charge in [-0.15, -0.1) is 23.2 Å². The van der Waals surface area contributed by atoms with E-state index in [1.807, 2.05) is 13.0 Å². The van der Waals surface area contributed by atoms with E-state index in [4.69, 9.17) is 46.4 Å². The molecule has 0 saturated heterocycles. The largest absolute Gasteiger partial charge is 0.400 e. The van der Waals surface area contributed by atoms with Crippen LogP contribution in [0, 0.1) is 18.8 Å². The van der Waals surface area contributed by atoms with Gasteiger partial charge in [0.05, 0.1) is 16.6 Å². The molecule has 11 heteroatoms. The van der Waals surface area contributed by atoms with Crippen molar-refractivity contribution in [3.8, 4) is 0 Å². The minimum atomic E-state index is -4.70. The molecule has 0 bridgehead atoms. The SMILES string of the molecule is Cc1cc(Cl)cc(C2C(C(=O)Nc3ccc(Cl)c(NC(=O)C(C)C(F)(F)F)c3)C2(Cl)Cl)c1. The number of hydrogen-bond donors (Lipinski definition) is 2. The Kier molecular flexibility index (Phi) is 6.97. The van der Waals surface area contributed by atoms with Crippen molar-refractivity contribution in [1.29, 1.82) is 0 Å². The van der Waals surface area contributed by atoms with Gasteiger partial charge < -0.3 is 10.6 Å². The molecule has 1 saturated carbocycles. The van der Waals surface area contributed by atoms with Crippen molar-refractivity contribution in [3.63, 3.8) is 0 Å². The average Bonchev–Trinajstić information content (AvgIpc) is 3.24. The number of hydrogen-bond acceptors (Lipinski definition) is 2. The van der Waals surface area contributed by atoms with E-state index in [-0.39, 0.29) is 16.4 Å². The number of alkyl halides is 5. The van der Waals surface area contributed by atoms with Gasteiger partial charge in [-0.2, -0.15) is 13.2 Å². The fourth-order valence-electron chi connectivity index (χ4n) is 3.32. The van der Waals surface area contributed by atoms with Crippen LogP contribution < -0.4 is 10.6 Å². The first-order valence-corrected chi connectivity index (χ1v) is 10.9. The molecule has 2 aromatic carbocycles. The van der Waals surface area contributed by atoms with Crippen LogP contribution in [0.15, 0.2) is 36.4 Å². The maximum atomic E-state index is 12.8. The molecule has 3 rings (SSSR count). The lowest BCUT2D eigenvalue weighted by molar-refractivity contribution is -0.175. The molecule has 3 unspecified atom stereocenters. The van der Waals surface area contributed by atoms with Crippen LogP contribution >= 0.6 is 46.4 Å².